The molecule has 3 aromatic heterocycles. The lowest BCUT2D eigenvalue weighted by Gasteiger charge is -2.19. The molecule has 0 N–H and O–H groups in total. The van der Waals surface area contributed by atoms with E-state index in [1.54, 1.807) is 4.55 Å². The van der Waals surface area contributed by atoms with Crippen LogP contribution in [0, 0.1) is 0 Å². The summed E-state index contributed by atoms with van der Waals surface area (Å²) in [6.45, 7) is 0. The minimum absolute atomic E-state index is 0.416. The van der Waals surface area contributed by atoms with Crippen molar-refractivity contribution in [2.24, 2.45) is 0 Å². The summed E-state index contributed by atoms with van der Waals surface area (Å²) >= 11 is 0.540. The lowest BCUT2D eigenvalue weighted by atomic mass is 9.97. The quantitative estimate of drug-likeness (QED) is 0.128. The molecule has 16 rings (SSSR count). The molecule has 1 aliphatic rings. The van der Waals surface area contributed by atoms with Crippen LogP contribution in [0.4, 0.5) is 0 Å². The predicted molar refractivity (Wildman–Crippen MR) is 377 cm³/mol. The first-order valence-corrected chi connectivity index (χ1v) is 34.5. The van der Waals surface area contributed by atoms with Gasteiger partial charge in [0.05, 0.1) is 36.5 Å². The molecule has 2 nitrogen and oxygen atoms in total. The summed E-state index contributed by atoms with van der Waals surface area (Å²) < 4.78 is 12.8. The summed E-state index contributed by atoms with van der Waals surface area (Å²) in [6.07, 6.45) is 0. The van der Waals surface area contributed by atoms with Gasteiger partial charge < -0.3 is 9.13 Å². The van der Waals surface area contributed by atoms with Gasteiger partial charge in [0.25, 0.3) is 0 Å². The molecule has 0 saturated heterocycles. The molecule has 0 atom stereocenters. The minimum atomic E-state index is -0.503. The number of aromatic nitrogens is 2. The number of hydrogen-bond donors (Lipinski definition) is 0. The van der Waals surface area contributed by atoms with E-state index in [1.165, 1.54) is 136 Å². The first-order valence-electron chi connectivity index (χ1n) is 27.2. The largest absolute Gasteiger partial charge is 0.309 e. The van der Waals surface area contributed by atoms with Crippen LogP contribution < -0.4 is 0 Å². The molecule has 6 heteroatoms. The third-order valence-electron chi connectivity index (χ3n) is 15.7. The van der Waals surface area contributed by atoms with Crippen LogP contribution in [0.5, 0.6) is 0 Å². The van der Waals surface area contributed by atoms with Crippen molar-refractivity contribution in [3.8, 4) is 55.9 Å². The fourth-order valence-electron chi connectivity index (χ4n) is 11.9. The van der Waals surface area contributed by atoms with Gasteiger partial charge in [0.1, 0.15) is 0 Å². The van der Waals surface area contributed by atoms with Gasteiger partial charge in [-0.05, 0) is 117 Å². The molecule has 0 saturated carbocycles. The number of nitrogens with zero attached hydrogens (tertiary/aromatic N) is 2. The Morgan fingerprint density at radius 2 is 0.617 bits per heavy atom. The number of halogens is 3. The van der Waals surface area contributed by atoms with E-state index in [2.05, 4.69) is 294 Å². The van der Waals surface area contributed by atoms with Gasteiger partial charge in [0.15, 0.2) is 0 Å². The van der Waals surface area contributed by atoms with Crippen LogP contribution in [-0.2, 0) is 0 Å². The smallest absolute Gasteiger partial charge is 0.0547 e. The van der Waals surface area contributed by atoms with Crippen molar-refractivity contribution >= 4 is 142 Å². The topological polar surface area (TPSA) is 9.86 Å². The van der Waals surface area contributed by atoms with Crippen LogP contribution in [0.25, 0.3) is 120 Å². The minimum Gasteiger partial charge on any atom is -0.309 e. The molecule has 0 spiro atoms. The molecule has 12 aromatic carbocycles. The average molecular weight is 1390 g/mol. The van der Waals surface area contributed by atoms with Crippen molar-refractivity contribution in [2.45, 2.75) is 0 Å². The van der Waals surface area contributed by atoms with Crippen molar-refractivity contribution in [2.75, 3.05) is 0 Å². The van der Waals surface area contributed by atoms with Crippen molar-refractivity contribution < 1.29 is 0 Å². The highest BCUT2D eigenvalue weighted by molar-refractivity contribution is 14.3. The van der Waals surface area contributed by atoms with Gasteiger partial charge in [-0.15, -0.1) is 11.3 Å². The first kappa shape index (κ1) is 49.1. The van der Waals surface area contributed by atoms with Crippen molar-refractivity contribution in [1.29, 1.82) is 0 Å². The third-order valence-corrected chi connectivity index (χ3v) is 31.7. The first-order chi connectivity index (χ1) is 40.1. The second-order valence-corrected chi connectivity index (χ2v) is 35.8. The molecule has 1 aliphatic heterocycles. The van der Waals surface area contributed by atoms with E-state index in [1.807, 2.05) is 11.3 Å². The lowest BCUT2D eigenvalue weighted by molar-refractivity contribution is 1.18. The average Bonchev–Trinajstić information content (AvgIpc) is 3.90. The number of para-hydroxylation sites is 3. The Kier molecular flexibility index (Phi) is 12.5. The van der Waals surface area contributed by atoms with E-state index in [0.717, 1.165) is 0 Å². The zero-order chi connectivity index (χ0) is 53.4. The number of fused-ring (bicyclic) bond motifs is 9. The summed E-state index contributed by atoms with van der Waals surface area (Å²) in [4.78, 5) is 0. The molecule has 0 fully saturated rings. The van der Waals surface area contributed by atoms with E-state index in [9.17, 15) is 0 Å². The molecule has 0 unspecified atom stereocenters. The van der Waals surface area contributed by atoms with Crippen LogP contribution in [0.2, 0.25) is 0 Å². The maximum Gasteiger partial charge on any atom is 0.0547 e. The predicted octanol–water partition coefficient (Wildman–Crippen LogP) is 21.7. The molecular weight excluding hydrogens is 1340 g/mol. The van der Waals surface area contributed by atoms with Crippen LogP contribution in [0.1, 0.15) is 16.7 Å². The zero-order valence-electron chi connectivity index (χ0n) is 43.6. The highest BCUT2D eigenvalue weighted by atomic mass is 127. The van der Waals surface area contributed by atoms with E-state index in [0.29, 0.717) is 0 Å². The van der Waals surface area contributed by atoms with Gasteiger partial charge in [0.2, 0.25) is 0 Å². The van der Waals surface area contributed by atoms with Gasteiger partial charge in [-0.2, -0.15) is 0 Å². The third kappa shape index (κ3) is 8.72. The number of hydrogen-bond acceptors (Lipinski definition) is 1. The van der Waals surface area contributed by atoms with Gasteiger partial charge >= 0.3 is 0 Å². The maximum absolute atomic E-state index is 2.57. The number of thiophene rings is 1. The molecule has 0 amide bonds. The monoisotopic (exact) mass is 1390 g/mol. The molecule has 0 bridgehead atoms. The summed E-state index contributed by atoms with van der Waals surface area (Å²) in [5.41, 5.74) is 21.4. The highest BCUT2D eigenvalue weighted by Crippen LogP contribution is 2.45. The van der Waals surface area contributed by atoms with Gasteiger partial charge in [-0.1, -0.05) is 281 Å². The Balaban J connectivity index is 0.885. The number of benzene rings is 12. The Bertz CT molecular complexity index is 5050. The van der Waals surface area contributed by atoms with Crippen LogP contribution in [0.15, 0.2) is 285 Å². The molecule has 81 heavy (non-hydrogen) atoms. The lowest BCUT2D eigenvalue weighted by Crippen LogP contribution is -2.05. The molecule has 4 heterocycles. The Morgan fingerprint density at radius 3 is 1.22 bits per heavy atom. The molecule has 15 aromatic rings. The molecular formula is C75H47I3N2S. The van der Waals surface area contributed by atoms with Gasteiger partial charge in [-0.3, -0.25) is 0 Å². The normalized spacial score (nSPS) is 13.0. The van der Waals surface area contributed by atoms with Crippen LogP contribution in [-0.4, -0.2) is 13.7 Å². The molecule has 0 radical (unpaired) electrons. The second-order valence-electron chi connectivity index (χ2n) is 20.5. The maximum atomic E-state index is 2.57. The summed E-state index contributed by atoms with van der Waals surface area (Å²) in [5.74, 6) is 0. The van der Waals surface area contributed by atoms with E-state index in [-0.39, 0.29) is 0 Å². The van der Waals surface area contributed by atoms with Crippen molar-refractivity contribution in [3.63, 3.8) is 0 Å². The Hall–Kier alpha value is -7.74. The Morgan fingerprint density at radius 1 is 0.222 bits per heavy atom. The molecule has 384 valence electrons. The number of rotatable bonds is 9. The summed E-state index contributed by atoms with van der Waals surface area (Å²) in [7, 11) is 0. The van der Waals surface area contributed by atoms with Crippen molar-refractivity contribution in [3.05, 3.63) is 302 Å². The van der Waals surface area contributed by atoms with E-state index in [4.69, 9.17) is 0 Å². The van der Waals surface area contributed by atoms with E-state index >= 15 is 0 Å². The fourth-order valence-corrected chi connectivity index (χ4v) is 36.6. The van der Waals surface area contributed by atoms with Gasteiger partial charge in [0, 0.05) is 54.4 Å². The zero-order valence-corrected chi connectivity index (χ0v) is 50.9. The summed E-state index contributed by atoms with van der Waals surface area (Å²) in [5, 5.41) is 7.73. The SMILES string of the molecule is c1ccc(C2=IC(c3ccc(-c4ccccc4)c(-n4c5ccccc5c5cc(-c6ccc7sc8ccccc8c7c6)ccc54)c3)=IC(c3ccc(-c4cccc(-c5ccccc5)c4)c(-n4c5ccccc5c5ccccc54)c3)=I2)cc1. The highest BCUT2D eigenvalue weighted by Gasteiger charge is 2.23. The standard InChI is InChI=1S/C75H47I3N2S/c1-4-19-48(20-5-1)51-25-18-26-54(43-51)58-40-36-56(47-70(58)79-65-31-14-10-27-59(65)60-28-11-15-32-66(60)79)75-77-73(50-23-8-3-9-24-50)76-74(78-75)55-35-39-57(49-21-6-2-7-22-49)69(46-55)80-67-33-16-12-29-61(67)63-44-52(37-41-68(63)80)53-38-42-72-64(45-53)62-30-13-17-34-71(62)81-72/h1-47H. The van der Waals surface area contributed by atoms with Crippen LogP contribution in [0.3, 0.4) is 0 Å². The second kappa shape index (κ2) is 20.7. The summed E-state index contributed by atoms with van der Waals surface area (Å²) in [6, 6.07) is 107. The van der Waals surface area contributed by atoms with Crippen LogP contribution >= 0.6 is 73.5 Å². The fraction of sp³-hybridized carbons (Fsp3) is 0. The van der Waals surface area contributed by atoms with E-state index < -0.39 is 62.2 Å². The Labute approximate surface area is 503 Å². The molecule has 0 aliphatic carbocycles. The van der Waals surface area contributed by atoms with Crippen molar-refractivity contribution in [1.82, 2.24) is 9.13 Å². The van der Waals surface area contributed by atoms with Gasteiger partial charge in [-0.25, -0.2) is 0 Å².